The Balaban J connectivity index is 2.77. The minimum absolute atomic E-state index is 0.268. The second-order valence-electron chi connectivity index (χ2n) is 5.12. The van der Waals surface area contributed by atoms with E-state index in [0.717, 1.165) is 16.7 Å². The van der Waals surface area contributed by atoms with Crippen molar-refractivity contribution in [2.45, 2.75) is 27.7 Å². The molecule has 2 rings (SSSR count). The lowest BCUT2D eigenvalue weighted by Gasteiger charge is -2.20. The van der Waals surface area contributed by atoms with Crippen LogP contribution in [-0.4, -0.2) is 5.52 Å². The van der Waals surface area contributed by atoms with Gasteiger partial charge in [0.15, 0.2) is 5.52 Å². The maximum absolute atomic E-state index is 13.5. The SMILES string of the molecule is CC(=O)P(=O)(c1ccccc1)c1ccc(C)c(C)c1C. The van der Waals surface area contributed by atoms with Crippen molar-refractivity contribution in [2.24, 2.45) is 0 Å². The number of aryl methyl sites for hydroxylation is 1. The zero-order valence-corrected chi connectivity index (χ0v) is 13.2. The molecule has 0 radical (unpaired) electrons. The molecule has 0 fully saturated rings. The molecule has 1 atom stereocenters. The van der Waals surface area contributed by atoms with Crippen molar-refractivity contribution in [1.29, 1.82) is 0 Å². The standard InChI is InChI=1S/C17H19O2P/c1-12-10-11-17(14(3)13(12)2)20(19,15(4)18)16-8-6-5-7-9-16/h5-11H,1-4H3. The van der Waals surface area contributed by atoms with E-state index in [0.29, 0.717) is 10.6 Å². The molecule has 0 spiro atoms. The highest BCUT2D eigenvalue weighted by molar-refractivity contribution is 7.93. The van der Waals surface area contributed by atoms with Gasteiger partial charge in [-0.3, -0.25) is 4.79 Å². The highest BCUT2D eigenvalue weighted by Crippen LogP contribution is 2.45. The van der Waals surface area contributed by atoms with Gasteiger partial charge in [-0.15, -0.1) is 0 Å². The second-order valence-corrected chi connectivity index (χ2v) is 7.96. The average Bonchev–Trinajstić information content (AvgIpc) is 2.45. The minimum Gasteiger partial charge on any atom is -0.306 e. The van der Waals surface area contributed by atoms with E-state index in [2.05, 4.69) is 0 Å². The lowest BCUT2D eigenvalue weighted by Crippen LogP contribution is -2.23. The quantitative estimate of drug-likeness (QED) is 0.810. The third-order valence-electron chi connectivity index (χ3n) is 3.93. The van der Waals surface area contributed by atoms with E-state index in [4.69, 9.17) is 0 Å². The van der Waals surface area contributed by atoms with Crippen LogP contribution in [-0.2, 0) is 9.36 Å². The van der Waals surface area contributed by atoms with Gasteiger partial charge < -0.3 is 4.57 Å². The Morgan fingerprint density at radius 1 is 0.900 bits per heavy atom. The van der Waals surface area contributed by atoms with E-state index in [1.807, 2.05) is 51.1 Å². The Hall–Kier alpha value is -1.66. The van der Waals surface area contributed by atoms with Gasteiger partial charge in [0, 0.05) is 17.5 Å². The highest BCUT2D eigenvalue weighted by atomic mass is 31.2. The van der Waals surface area contributed by atoms with Crippen molar-refractivity contribution >= 4 is 23.3 Å². The average molecular weight is 286 g/mol. The molecule has 0 saturated heterocycles. The van der Waals surface area contributed by atoms with E-state index in [1.54, 1.807) is 12.1 Å². The van der Waals surface area contributed by atoms with Gasteiger partial charge in [0.1, 0.15) is 0 Å². The molecule has 1 unspecified atom stereocenters. The Kier molecular flexibility index (Phi) is 3.96. The number of carbonyl (C=O) groups excluding carboxylic acids is 1. The summed E-state index contributed by atoms with van der Waals surface area (Å²) in [5.41, 5.74) is 2.93. The molecule has 0 amide bonds. The molecule has 2 aromatic rings. The summed E-state index contributed by atoms with van der Waals surface area (Å²) < 4.78 is 13.5. The number of carbonyl (C=O) groups is 1. The lowest BCUT2D eigenvalue weighted by atomic mass is 10.1. The Labute approximate surface area is 120 Å². The summed E-state index contributed by atoms with van der Waals surface area (Å²) in [6, 6.07) is 12.8. The predicted molar refractivity (Wildman–Crippen MR) is 84.7 cm³/mol. The summed E-state index contributed by atoms with van der Waals surface area (Å²) in [5.74, 6) is 0. The molecule has 0 saturated carbocycles. The van der Waals surface area contributed by atoms with Gasteiger partial charge in [-0.25, -0.2) is 0 Å². The molecule has 0 aliphatic rings. The van der Waals surface area contributed by atoms with Gasteiger partial charge in [0.05, 0.1) is 0 Å². The van der Waals surface area contributed by atoms with E-state index >= 15 is 0 Å². The van der Waals surface area contributed by atoms with Gasteiger partial charge in [-0.2, -0.15) is 0 Å². The second kappa shape index (κ2) is 5.38. The first-order valence-electron chi connectivity index (χ1n) is 6.63. The molecule has 0 heterocycles. The summed E-state index contributed by atoms with van der Waals surface area (Å²) >= 11 is 0. The molecule has 104 valence electrons. The zero-order chi connectivity index (χ0) is 14.9. The van der Waals surface area contributed by atoms with Crippen LogP contribution in [0.15, 0.2) is 42.5 Å². The predicted octanol–water partition coefficient (Wildman–Crippen LogP) is 3.47. The van der Waals surface area contributed by atoms with Crippen LogP contribution in [0.1, 0.15) is 23.6 Å². The van der Waals surface area contributed by atoms with Crippen LogP contribution in [0.4, 0.5) is 0 Å². The summed E-state index contributed by atoms with van der Waals surface area (Å²) in [4.78, 5) is 12.2. The number of benzene rings is 2. The fraction of sp³-hybridized carbons (Fsp3) is 0.235. The van der Waals surface area contributed by atoms with Crippen molar-refractivity contribution in [3.05, 3.63) is 59.2 Å². The fourth-order valence-electron chi connectivity index (χ4n) is 2.41. The summed E-state index contributed by atoms with van der Waals surface area (Å²) in [5, 5.41) is 1.28. The van der Waals surface area contributed by atoms with Crippen LogP contribution in [0.5, 0.6) is 0 Å². The molecule has 0 aromatic heterocycles. The fourth-order valence-corrected chi connectivity index (χ4v) is 4.91. The van der Waals surface area contributed by atoms with Crippen LogP contribution in [0, 0.1) is 20.8 Å². The van der Waals surface area contributed by atoms with Crippen molar-refractivity contribution in [3.8, 4) is 0 Å². The number of hydrogen-bond donors (Lipinski definition) is 0. The molecule has 2 nitrogen and oxygen atoms in total. The smallest absolute Gasteiger partial charge is 0.205 e. The van der Waals surface area contributed by atoms with Gasteiger partial charge in [-0.1, -0.05) is 42.5 Å². The van der Waals surface area contributed by atoms with Crippen molar-refractivity contribution in [3.63, 3.8) is 0 Å². The zero-order valence-electron chi connectivity index (χ0n) is 12.3. The van der Waals surface area contributed by atoms with Crippen LogP contribution >= 0.6 is 7.14 Å². The normalized spacial score (nSPS) is 13.8. The van der Waals surface area contributed by atoms with Gasteiger partial charge in [0.2, 0.25) is 7.14 Å². The van der Waals surface area contributed by atoms with Gasteiger partial charge in [-0.05, 0) is 37.5 Å². The third-order valence-corrected chi connectivity index (χ3v) is 7.01. The van der Waals surface area contributed by atoms with E-state index in [-0.39, 0.29) is 5.52 Å². The topological polar surface area (TPSA) is 34.1 Å². The Morgan fingerprint density at radius 2 is 1.50 bits per heavy atom. The molecule has 0 bridgehead atoms. The van der Waals surface area contributed by atoms with E-state index in [9.17, 15) is 9.36 Å². The summed E-state index contributed by atoms with van der Waals surface area (Å²) in [6.45, 7) is 7.38. The monoisotopic (exact) mass is 286 g/mol. The molecule has 3 heteroatoms. The van der Waals surface area contributed by atoms with Crippen LogP contribution < -0.4 is 10.6 Å². The van der Waals surface area contributed by atoms with Crippen molar-refractivity contribution in [2.75, 3.05) is 0 Å². The third kappa shape index (κ3) is 2.25. The summed E-state index contributed by atoms with van der Waals surface area (Å²) in [7, 11) is -3.22. The largest absolute Gasteiger partial charge is 0.306 e. The van der Waals surface area contributed by atoms with Gasteiger partial charge in [0.25, 0.3) is 0 Å². The molecule has 20 heavy (non-hydrogen) atoms. The van der Waals surface area contributed by atoms with E-state index in [1.165, 1.54) is 6.92 Å². The summed E-state index contributed by atoms with van der Waals surface area (Å²) in [6.07, 6.45) is 0. The molecular formula is C17H19O2P. The Bertz CT molecular complexity index is 702. The maximum Gasteiger partial charge on any atom is 0.205 e. The first-order chi connectivity index (χ1) is 9.39. The first kappa shape index (κ1) is 14.7. The first-order valence-corrected chi connectivity index (χ1v) is 8.34. The van der Waals surface area contributed by atoms with Gasteiger partial charge >= 0.3 is 0 Å². The molecular weight excluding hydrogens is 267 g/mol. The van der Waals surface area contributed by atoms with Crippen molar-refractivity contribution < 1.29 is 9.36 Å². The Morgan fingerprint density at radius 3 is 2.05 bits per heavy atom. The minimum atomic E-state index is -3.22. The molecule has 2 aromatic carbocycles. The highest BCUT2D eigenvalue weighted by Gasteiger charge is 2.34. The molecule has 0 aliphatic heterocycles. The number of hydrogen-bond acceptors (Lipinski definition) is 2. The van der Waals surface area contributed by atoms with Crippen LogP contribution in [0.2, 0.25) is 0 Å². The van der Waals surface area contributed by atoms with Crippen LogP contribution in [0.25, 0.3) is 0 Å². The maximum atomic E-state index is 13.5. The van der Waals surface area contributed by atoms with Crippen molar-refractivity contribution in [1.82, 2.24) is 0 Å². The molecule has 0 aliphatic carbocycles. The number of rotatable bonds is 3. The molecule has 0 N–H and O–H groups in total. The van der Waals surface area contributed by atoms with E-state index < -0.39 is 7.14 Å². The van der Waals surface area contributed by atoms with Crippen LogP contribution in [0.3, 0.4) is 0 Å². The lowest BCUT2D eigenvalue weighted by molar-refractivity contribution is -0.109.